The number of para-hydroxylation sites is 6. The van der Waals surface area contributed by atoms with Crippen LogP contribution in [0.2, 0.25) is 0 Å². The van der Waals surface area contributed by atoms with Crippen molar-refractivity contribution in [2.75, 3.05) is 0 Å². The van der Waals surface area contributed by atoms with Crippen LogP contribution in [0.5, 0.6) is 0 Å². The van der Waals surface area contributed by atoms with E-state index in [1.165, 1.54) is 0 Å². The molecule has 0 saturated carbocycles. The summed E-state index contributed by atoms with van der Waals surface area (Å²) >= 11 is 0. The van der Waals surface area contributed by atoms with Crippen LogP contribution in [0.15, 0.2) is 306 Å². The van der Waals surface area contributed by atoms with Crippen molar-refractivity contribution >= 4 is 131 Å². The second-order valence-electron chi connectivity index (χ2n) is 23.0. The molecule has 6 heterocycles. The highest BCUT2D eigenvalue weighted by Crippen LogP contribution is 2.54. The lowest BCUT2D eigenvalue weighted by molar-refractivity contribution is 0.672. The van der Waals surface area contributed by atoms with Crippen molar-refractivity contribution in [1.29, 1.82) is 5.26 Å². The number of aromatic nitrogens is 4. The van der Waals surface area contributed by atoms with Gasteiger partial charge < -0.3 is 27.1 Å². The summed E-state index contributed by atoms with van der Waals surface area (Å²) in [5.41, 5.74) is 6.61. The van der Waals surface area contributed by atoms with Crippen LogP contribution in [-0.2, 0) is 0 Å². The van der Waals surface area contributed by atoms with Gasteiger partial charge in [0, 0.05) is 59.4 Å². The minimum atomic E-state index is -0.681. The number of nitrogens with zero attached hydrogens (tertiary/aromatic N) is 5. The molecule has 14 aromatic carbocycles. The van der Waals surface area contributed by atoms with Crippen LogP contribution in [0.3, 0.4) is 0 Å². The molecule has 0 N–H and O–H groups in total. The quantitative estimate of drug-likeness (QED) is 0.160. The molecule has 0 bridgehead atoms. The fourth-order valence-corrected chi connectivity index (χ4v) is 14.8. The van der Waals surface area contributed by atoms with Gasteiger partial charge in [-0.05, 0) is 113 Å². The van der Waals surface area contributed by atoms with Gasteiger partial charge in [-0.1, -0.05) is 212 Å². The van der Waals surface area contributed by atoms with Crippen molar-refractivity contribution in [2.24, 2.45) is 0 Å². The lowest BCUT2D eigenvalue weighted by Gasteiger charge is -2.29. The molecule has 0 atom stereocenters. The maximum atomic E-state index is 13.4. The number of benzene rings is 14. The Morgan fingerprint density at radius 1 is 0.283 bits per heavy atom. The molecule has 0 fully saturated rings. The number of furan rings is 2. The molecule has 6 aromatic heterocycles. The third-order valence-electron chi connectivity index (χ3n) is 18.4. The van der Waals surface area contributed by atoms with Gasteiger partial charge in [0.15, 0.2) is 0 Å². The van der Waals surface area contributed by atoms with Gasteiger partial charge in [-0.15, -0.1) is 0 Å². The molecule has 0 aliphatic heterocycles. The summed E-state index contributed by atoms with van der Waals surface area (Å²) in [6.45, 7) is 0. The van der Waals surface area contributed by atoms with E-state index in [4.69, 9.17) is 17.1 Å². The minimum Gasteiger partial charge on any atom is -0.455 e. The van der Waals surface area contributed by atoms with Crippen LogP contribution in [-0.4, -0.2) is 18.3 Å². The Bertz CT molecular complexity index is 6960. The third kappa shape index (κ3) is 6.92. The molecule has 0 aliphatic carbocycles. The highest BCUT2D eigenvalue weighted by Gasteiger charge is 2.36. The summed E-state index contributed by atoms with van der Waals surface area (Å²) in [6.07, 6.45) is 0. The Hall–Kier alpha value is -12.6. The van der Waals surface area contributed by atoms with Crippen molar-refractivity contribution in [3.8, 4) is 62.2 Å². The van der Waals surface area contributed by atoms with Crippen molar-refractivity contribution in [3.05, 3.63) is 302 Å². The van der Waals surface area contributed by atoms with E-state index in [0.29, 0.717) is 98.8 Å². The number of hydrogen-bond acceptors (Lipinski definition) is 3. The van der Waals surface area contributed by atoms with Crippen LogP contribution in [0.4, 0.5) is 0 Å². The molecule has 20 aromatic rings. The molecule has 0 amide bonds. The summed E-state index contributed by atoms with van der Waals surface area (Å²) in [5.74, 6) is 0. The van der Waals surface area contributed by atoms with Gasteiger partial charge in [0.2, 0.25) is 0 Å². The molecule has 20 rings (SSSR count). The second kappa shape index (κ2) is 19.2. The molecule has 0 saturated heterocycles. The molecular weight excluding hydrogens is 1120 g/mol. The number of rotatable bonds is 7. The molecule has 92 heavy (non-hydrogen) atoms. The van der Waals surface area contributed by atoms with Crippen molar-refractivity contribution in [1.82, 2.24) is 18.3 Å². The van der Waals surface area contributed by atoms with E-state index >= 15 is 0 Å². The Labute approximate surface area is 546 Å². The molecule has 0 radical (unpaired) electrons. The lowest BCUT2D eigenvalue weighted by atomic mass is 9.93. The molecule has 7 heteroatoms. The summed E-state index contributed by atoms with van der Waals surface area (Å²) in [6, 6.07) is 58.8. The van der Waals surface area contributed by atoms with Crippen molar-refractivity contribution < 1.29 is 29.4 Å². The first-order valence-electron chi connectivity index (χ1n) is 37.5. The summed E-state index contributed by atoms with van der Waals surface area (Å²) in [5, 5.41) is 21.3. The maximum absolute atomic E-state index is 13.4. The van der Waals surface area contributed by atoms with Gasteiger partial charge in [0.25, 0.3) is 0 Å². The predicted octanol–water partition coefficient (Wildman–Crippen LogP) is 22.7. The van der Waals surface area contributed by atoms with Gasteiger partial charge in [-0.25, -0.2) is 0 Å². The topological polar surface area (TPSA) is 69.8 Å². The average Bonchev–Trinajstić information content (AvgIpc) is 1.56. The van der Waals surface area contributed by atoms with Gasteiger partial charge in [-0.3, -0.25) is 0 Å². The van der Waals surface area contributed by atoms with E-state index < -0.39 is 90.6 Å². The largest absolute Gasteiger partial charge is 0.455 e. The minimum absolute atomic E-state index is 0.00567. The molecular formula is C85H49N5O2. The van der Waals surface area contributed by atoms with E-state index in [0.717, 1.165) is 32.3 Å². The Balaban J connectivity index is 1.11. The highest BCUT2D eigenvalue weighted by molar-refractivity contribution is 6.27. The van der Waals surface area contributed by atoms with Crippen LogP contribution in [0, 0.1) is 11.3 Å². The molecule has 426 valence electrons. The molecule has 0 aliphatic rings. The van der Waals surface area contributed by atoms with Gasteiger partial charge in [0.05, 0.1) is 98.2 Å². The van der Waals surface area contributed by atoms with E-state index in [9.17, 15) is 17.6 Å². The van der Waals surface area contributed by atoms with Crippen LogP contribution in [0.1, 0.15) is 26.1 Å². The fourth-order valence-electron chi connectivity index (χ4n) is 14.8. The number of nitriles is 1. The zero-order valence-electron chi connectivity index (χ0n) is 63.2. The van der Waals surface area contributed by atoms with Crippen LogP contribution >= 0.6 is 0 Å². The normalized spacial score (nSPS) is 14.4. The third-order valence-corrected chi connectivity index (χ3v) is 18.4. The first-order valence-corrected chi connectivity index (χ1v) is 30.0. The average molecular weight is 1190 g/mol. The second-order valence-corrected chi connectivity index (χ2v) is 23.0. The lowest BCUT2D eigenvalue weighted by Crippen LogP contribution is -2.16. The monoisotopic (exact) mass is 1190 g/mol. The number of fused-ring (bicyclic) bond motifs is 20. The van der Waals surface area contributed by atoms with E-state index in [-0.39, 0.29) is 61.7 Å². The summed E-state index contributed by atoms with van der Waals surface area (Å²) in [7, 11) is 0. The Kier molecular flexibility index (Phi) is 7.91. The van der Waals surface area contributed by atoms with Gasteiger partial charge in [0.1, 0.15) is 34.0 Å². The van der Waals surface area contributed by atoms with Crippen molar-refractivity contribution in [2.45, 2.75) is 0 Å². The van der Waals surface area contributed by atoms with E-state index in [1.54, 1.807) is 36.4 Å². The van der Waals surface area contributed by atoms with Gasteiger partial charge in [-0.2, -0.15) is 5.26 Å². The standard InChI is InChI=1S/C85H49N5O2/c86-50-66-80(87-67-34-16-10-28-56(67)57-29-11-17-35-68(57)87)82(89-71-44-40-54(51-22-4-1-5-23-51)48-64(71)78-73(89)46-42-62-60-32-14-20-38-75(60)91-84(62)78)77(53-26-8-3-9-27-53)83(81(66)88-69-36-18-12-30-58(69)59-31-13-19-37-70(59)88)90-72-45-41-55(52-24-6-2-7-25-52)49-65(72)79-74(90)47-43-63-61-33-15-21-39-76(61)92-85(63)79/h1-49H/i1D,2D,3D,4D,5D,6D,7D,8D,9D,22D,23D,24D,25D,26D,27D. The first-order chi connectivity index (χ1) is 51.9. The maximum Gasteiger partial charge on any atom is 0.145 e. The summed E-state index contributed by atoms with van der Waals surface area (Å²) in [4.78, 5) is 0. The van der Waals surface area contributed by atoms with Crippen LogP contribution in [0.25, 0.3) is 187 Å². The number of hydrogen-bond donors (Lipinski definition) is 0. The van der Waals surface area contributed by atoms with Crippen molar-refractivity contribution in [3.63, 3.8) is 0 Å². The smallest absolute Gasteiger partial charge is 0.145 e. The Morgan fingerprint density at radius 2 is 0.609 bits per heavy atom. The molecule has 7 nitrogen and oxygen atoms in total. The molecule has 0 unspecified atom stereocenters. The van der Waals surface area contributed by atoms with E-state index in [1.807, 2.05) is 188 Å². The van der Waals surface area contributed by atoms with Crippen LogP contribution < -0.4 is 0 Å². The SMILES string of the molecule is [2H]c1c([2H])c([2H])c(-c2ccc3c(c2)c2c4oc5ccccc5c4ccc2n3-c2c(-c3c([2H])c([2H])c([2H])c([2H])c3[2H])c(-n3c4ccc(-c5c([2H])c([2H])c([2H])c([2H])c5[2H])cc4c4c5oc6ccccc6c5ccc43)c(-n3c4ccccc4c4ccccc43)c(C#N)c2-n2c3ccccc3c3ccccc32)c([2H])c1[2H]. The summed E-state index contributed by atoms with van der Waals surface area (Å²) < 4.78 is 163. The fraction of sp³-hybridized carbons (Fsp3) is 0. The molecule has 0 spiro atoms. The van der Waals surface area contributed by atoms with E-state index in [2.05, 4.69) is 6.07 Å². The zero-order chi connectivity index (χ0) is 73.3. The van der Waals surface area contributed by atoms with Gasteiger partial charge >= 0.3 is 0 Å². The zero-order valence-corrected chi connectivity index (χ0v) is 48.2. The Morgan fingerprint density at radius 3 is 1.00 bits per heavy atom. The first kappa shape index (κ1) is 37.9. The predicted molar refractivity (Wildman–Crippen MR) is 379 cm³/mol. The highest BCUT2D eigenvalue weighted by atomic mass is 16.3.